The maximum absolute atomic E-state index is 6.69. The smallest absolute Gasteiger partial charge is 0.0854 e. The summed E-state index contributed by atoms with van der Waals surface area (Å²) in [5, 5.41) is 3.59. The average Bonchev–Trinajstić information content (AvgIpc) is 2.91. The van der Waals surface area contributed by atoms with E-state index in [9.17, 15) is 0 Å². The van der Waals surface area contributed by atoms with E-state index < -0.39 is 0 Å². The molecule has 0 amide bonds. The predicted octanol–water partition coefficient (Wildman–Crippen LogP) is 2.85. The van der Waals surface area contributed by atoms with Crippen molar-refractivity contribution in [3.63, 3.8) is 0 Å². The second kappa shape index (κ2) is 6.69. The SMILES string of the molecule is CNC1C(N(C)C)CCCC12CCC(Cc1ccccc1)O2. The van der Waals surface area contributed by atoms with Crippen LogP contribution in [0.2, 0.25) is 0 Å². The quantitative estimate of drug-likeness (QED) is 0.925. The summed E-state index contributed by atoms with van der Waals surface area (Å²) in [6, 6.07) is 11.8. The number of benzene rings is 1. The third kappa shape index (κ3) is 3.08. The molecule has 0 aromatic heterocycles. The van der Waals surface area contributed by atoms with Gasteiger partial charge in [0.05, 0.1) is 17.7 Å². The first-order chi connectivity index (χ1) is 10.6. The Bertz CT molecular complexity index is 476. The van der Waals surface area contributed by atoms with Crippen molar-refractivity contribution >= 4 is 0 Å². The van der Waals surface area contributed by atoms with Crippen LogP contribution in [0.3, 0.4) is 0 Å². The van der Waals surface area contributed by atoms with Crippen molar-refractivity contribution in [2.45, 2.75) is 62.3 Å². The highest BCUT2D eigenvalue weighted by Gasteiger charge is 2.50. The standard InChI is InChI=1S/C19H30N2O/c1-20-18-17(21(2)3)10-7-12-19(18)13-11-16(22-19)14-15-8-5-4-6-9-15/h4-6,8-9,16-18,20H,7,10-14H2,1-3H3. The first-order valence-corrected chi connectivity index (χ1v) is 8.70. The van der Waals surface area contributed by atoms with Gasteiger partial charge in [-0.25, -0.2) is 0 Å². The Morgan fingerprint density at radius 3 is 2.64 bits per heavy atom. The molecule has 22 heavy (non-hydrogen) atoms. The molecular weight excluding hydrogens is 272 g/mol. The number of hydrogen-bond donors (Lipinski definition) is 1. The molecule has 1 aliphatic heterocycles. The molecule has 122 valence electrons. The van der Waals surface area contributed by atoms with Gasteiger partial charge in [-0.15, -0.1) is 0 Å². The van der Waals surface area contributed by atoms with E-state index in [1.54, 1.807) is 0 Å². The minimum Gasteiger partial charge on any atom is -0.370 e. The van der Waals surface area contributed by atoms with Crippen molar-refractivity contribution in [1.82, 2.24) is 10.2 Å². The third-order valence-corrected chi connectivity index (χ3v) is 5.62. The lowest BCUT2D eigenvalue weighted by Gasteiger charge is -2.48. The van der Waals surface area contributed by atoms with E-state index in [-0.39, 0.29) is 5.60 Å². The summed E-state index contributed by atoms with van der Waals surface area (Å²) in [6.45, 7) is 0. The van der Waals surface area contributed by atoms with Crippen LogP contribution in [0.5, 0.6) is 0 Å². The van der Waals surface area contributed by atoms with Gasteiger partial charge in [-0.2, -0.15) is 0 Å². The van der Waals surface area contributed by atoms with Gasteiger partial charge in [0.2, 0.25) is 0 Å². The molecule has 3 rings (SSSR count). The lowest BCUT2D eigenvalue weighted by Crippen LogP contribution is -2.62. The molecule has 1 aliphatic carbocycles. The maximum Gasteiger partial charge on any atom is 0.0854 e. The Kier molecular flexibility index (Phi) is 4.86. The maximum atomic E-state index is 6.69. The first-order valence-electron chi connectivity index (χ1n) is 8.70. The molecule has 2 fully saturated rings. The van der Waals surface area contributed by atoms with Crippen molar-refractivity contribution in [3.8, 4) is 0 Å². The van der Waals surface area contributed by atoms with Gasteiger partial charge in [0, 0.05) is 6.04 Å². The Balaban J connectivity index is 1.71. The van der Waals surface area contributed by atoms with Crippen molar-refractivity contribution < 1.29 is 4.74 Å². The molecule has 1 aromatic carbocycles. The van der Waals surface area contributed by atoms with E-state index in [1.165, 1.54) is 37.7 Å². The molecule has 1 aromatic rings. The Morgan fingerprint density at radius 2 is 1.95 bits per heavy atom. The molecule has 0 bridgehead atoms. The zero-order chi connectivity index (χ0) is 15.6. The second-order valence-electron chi connectivity index (χ2n) is 7.22. The van der Waals surface area contributed by atoms with Gasteiger partial charge in [-0.3, -0.25) is 0 Å². The van der Waals surface area contributed by atoms with Crippen LogP contribution >= 0.6 is 0 Å². The fraction of sp³-hybridized carbons (Fsp3) is 0.684. The normalized spacial score (nSPS) is 35.4. The van der Waals surface area contributed by atoms with Crippen molar-refractivity contribution in [3.05, 3.63) is 35.9 Å². The fourth-order valence-electron chi connectivity index (χ4n) is 4.58. The Labute approximate surface area is 135 Å². The zero-order valence-electron chi connectivity index (χ0n) is 14.2. The Hall–Kier alpha value is -0.900. The second-order valence-corrected chi connectivity index (χ2v) is 7.22. The number of nitrogens with one attached hydrogen (secondary N) is 1. The minimum atomic E-state index is 0.0430. The lowest BCUT2D eigenvalue weighted by molar-refractivity contribution is -0.0997. The van der Waals surface area contributed by atoms with E-state index in [1.807, 2.05) is 0 Å². The fourth-order valence-corrected chi connectivity index (χ4v) is 4.58. The van der Waals surface area contributed by atoms with E-state index in [2.05, 4.69) is 61.7 Å². The van der Waals surface area contributed by atoms with E-state index in [0.29, 0.717) is 18.2 Å². The number of likely N-dealkylation sites (N-methyl/N-ethyl adjacent to an activating group) is 2. The van der Waals surface area contributed by atoms with Crippen molar-refractivity contribution in [1.29, 1.82) is 0 Å². The van der Waals surface area contributed by atoms with Crippen LogP contribution < -0.4 is 5.32 Å². The highest BCUT2D eigenvalue weighted by molar-refractivity contribution is 5.16. The predicted molar refractivity (Wildman–Crippen MR) is 91.2 cm³/mol. The van der Waals surface area contributed by atoms with Crippen LogP contribution in [0.15, 0.2) is 30.3 Å². The van der Waals surface area contributed by atoms with Crippen LogP contribution in [0.4, 0.5) is 0 Å². The third-order valence-electron chi connectivity index (χ3n) is 5.62. The summed E-state index contributed by atoms with van der Waals surface area (Å²) < 4.78 is 6.69. The van der Waals surface area contributed by atoms with Gasteiger partial charge in [0.1, 0.15) is 0 Å². The monoisotopic (exact) mass is 302 g/mol. The topological polar surface area (TPSA) is 24.5 Å². The van der Waals surface area contributed by atoms with Crippen LogP contribution in [-0.2, 0) is 11.2 Å². The van der Waals surface area contributed by atoms with Crippen molar-refractivity contribution in [2.75, 3.05) is 21.1 Å². The van der Waals surface area contributed by atoms with Gasteiger partial charge in [0.25, 0.3) is 0 Å². The van der Waals surface area contributed by atoms with Crippen LogP contribution in [0, 0.1) is 0 Å². The van der Waals surface area contributed by atoms with Crippen LogP contribution in [-0.4, -0.2) is 49.8 Å². The first kappa shape index (κ1) is 16.0. The summed E-state index contributed by atoms with van der Waals surface area (Å²) >= 11 is 0. The number of hydrogen-bond acceptors (Lipinski definition) is 3. The number of ether oxygens (including phenoxy) is 1. The zero-order valence-corrected chi connectivity index (χ0v) is 14.2. The summed E-state index contributed by atoms with van der Waals surface area (Å²) in [6.07, 6.45) is 7.55. The molecule has 1 N–H and O–H groups in total. The summed E-state index contributed by atoms with van der Waals surface area (Å²) in [7, 11) is 6.50. The van der Waals surface area contributed by atoms with Crippen molar-refractivity contribution in [2.24, 2.45) is 0 Å². The molecule has 4 atom stereocenters. The molecule has 0 radical (unpaired) electrons. The van der Waals surface area contributed by atoms with E-state index in [4.69, 9.17) is 4.74 Å². The summed E-state index contributed by atoms with van der Waals surface area (Å²) in [4.78, 5) is 2.37. The number of nitrogens with zero attached hydrogens (tertiary/aromatic N) is 1. The van der Waals surface area contributed by atoms with Crippen LogP contribution in [0.1, 0.15) is 37.7 Å². The highest BCUT2D eigenvalue weighted by atomic mass is 16.5. The minimum absolute atomic E-state index is 0.0430. The molecule has 3 heteroatoms. The van der Waals surface area contributed by atoms with E-state index >= 15 is 0 Å². The highest BCUT2D eigenvalue weighted by Crippen LogP contribution is 2.43. The molecule has 1 saturated carbocycles. The van der Waals surface area contributed by atoms with Gasteiger partial charge in [-0.1, -0.05) is 30.3 Å². The summed E-state index contributed by atoms with van der Waals surface area (Å²) in [5.74, 6) is 0. The van der Waals surface area contributed by atoms with Crippen LogP contribution in [0.25, 0.3) is 0 Å². The molecule has 2 aliphatic rings. The molecule has 1 heterocycles. The summed E-state index contributed by atoms with van der Waals surface area (Å²) in [5.41, 5.74) is 1.44. The molecule has 1 spiro atoms. The molecule has 1 saturated heterocycles. The lowest BCUT2D eigenvalue weighted by atomic mass is 9.75. The molecule has 3 nitrogen and oxygen atoms in total. The molecule has 4 unspecified atom stereocenters. The van der Waals surface area contributed by atoms with Gasteiger partial charge < -0.3 is 15.0 Å². The molecular formula is C19H30N2O. The van der Waals surface area contributed by atoms with Gasteiger partial charge >= 0.3 is 0 Å². The van der Waals surface area contributed by atoms with Gasteiger partial charge in [-0.05, 0) is 65.2 Å². The van der Waals surface area contributed by atoms with Gasteiger partial charge in [0.15, 0.2) is 0 Å². The Morgan fingerprint density at radius 1 is 1.18 bits per heavy atom. The largest absolute Gasteiger partial charge is 0.370 e. The van der Waals surface area contributed by atoms with E-state index in [0.717, 1.165) is 6.42 Å². The number of rotatable bonds is 4. The average molecular weight is 302 g/mol.